The van der Waals surface area contributed by atoms with Crippen molar-refractivity contribution in [2.45, 2.75) is 32.8 Å². The first-order valence-corrected chi connectivity index (χ1v) is 10.4. The Bertz CT molecular complexity index is 880. The van der Waals surface area contributed by atoms with E-state index in [0.29, 0.717) is 13.0 Å². The van der Waals surface area contributed by atoms with Gasteiger partial charge in [0.1, 0.15) is 0 Å². The molecule has 29 heavy (non-hydrogen) atoms. The van der Waals surface area contributed by atoms with Gasteiger partial charge in [0.25, 0.3) is 0 Å². The van der Waals surface area contributed by atoms with Crippen LogP contribution in [0, 0.1) is 19.8 Å². The minimum absolute atomic E-state index is 0.0280. The zero-order chi connectivity index (χ0) is 20.9. The predicted octanol–water partition coefficient (Wildman–Crippen LogP) is 4.67. The fourth-order valence-electron chi connectivity index (χ4n) is 3.73. The van der Waals surface area contributed by atoms with Crippen molar-refractivity contribution in [2.24, 2.45) is 5.92 Å². The summed E-state index contributed by atoms with van der Waals surface area (Å²) in [6.07, 6.45) is 7.78. The van der Waals surface area contributed by atoms with Crippen LogP contribution in [0.25, 0.3) is 12.2 Å². The number of carbonyl (C=O) groups excluding carboxylic acids is 1. The van der Waals surface area contributed by atoms with E-state index in [9.17, 15) is 9.90 Å². The zero-order valence-corrected chi connectivity index (χ0v) is 17.6. The summed E-state index contributed by atoms with van der Waals surface area (Å²) in [6, 6.07) is 16.2. The molecule has 3 rings (SSSR count). The molecule has 1 aliphatic heterocycles. The number of aliphatic hydroxyl groups is 1. The third kappa shape index (κ3) is 5.53. The van der Waals surface area contributed by atoms with E-state index in [1.807, 2.05) is 61.5 Å². The summed E-state index contributed by atoms with van der Waals surface area (Å²) in [5.41, 5.74) is 3.28. The Kier molecular flexibility index (Phi) is 6.83. The van der Waals surface area contributed by atoms with Gasteiger partial charge in [-0.1, -0.05) is 84.8 Å². The van der Waals surface area contributed by atoms with E-state index >= 15 is 0 Å². The van der Waals surface area contributed by atoms with Crippen molar-refractivity contribution in [3.63, 3.8) is 0 Å². The minimum atomic E-state index is -1.13. The lowest BCUT2D eigenvalue weighted by Crippen LogP contribution is -2.53. The average molecular weight is 390 g/mol. The van der Waals surface area contributed by atoms with E-state index < -0.39 is 11.5 Å². The van der Waals surface area contributed by atoms with Gasteiger partial charge in [0.15, 0.2) is 5.78 Å². The van der Waals surface area contributed by atoms with Gasteiger partial charge in [0.2, 0.25) is 0 Å². The number of nitrogens with zero attached hydrogens (tertiary/aromatic N) is 1. The first-order valence-electron chi connectivity index (χ1n) is 10.4. The van der Waals surface area contributed by atoms with Gasteiger partial charge >= 0.3 is 0 Å². The molecular weight excluding hydrogens is 358 g/mol. The van der Waals surface area contributed by atoms with Crippen LogP contribution in [0.15, 0.2) is 60.7 Å². The largest absolute Gasteiger partial charge is 0.385 e. The Balaban J connectivity index is 1.81. The minimum Gasteiger partial charge on any atom is -0.385 e. The number of benzene rings is 2. The molecule has 1 fully saturated rings. The van der Waals surface area contributed by atoms with Gasteiger partial charge in [0, 0.05) is 13.1 Å². The Labute approximate surface area is 174 Å². The van der Waals surface area contributed by atoms with Gasteiger partial charge in [-0.05, 0) is 44.0 Å². The van der Waals surface area contributed by atoms with Gasteiger partial charge in [-0.25, -0.2) is 0 Å². The number of allylic oxidation sites excluding steroid dienone is 1. The second kappa shape index (κ2) is 9.34. The maximum absolute atomic E-state index is 13.1. The highest BCUT2D eigenvalue weighted by molar-refractivity contribution is 5.96. The molecule has 1 aliphatic rings. The first-order chi connectivity index (χ1) is 13.9. The molecule has 2 aromatic rings. The topological polar surface area (TPSA) is 40.5 Å². The van der Waals surface area contributed by atoms with Crippen molar-refractivity contribution < 1.29 is 9.90 Å². The zero-order valence-electron chi connectivity index (χ0n) is 17.6. The fraction of sp³-hybridized carbons (Fsp3) is 0.346. The quantitative estimate of drug-likeness (QED) is 0.730. The molecule has 2 atom stereocenters. The maximum atomic E-state index is 13.1. The summed E-state index contributed by atoms with van der Waals surface area (Å²) in [6.45, 7) is 8.43. The van der Waals surface area contributed by atoms with Gasteiger partial charge in [-0.2, -0.15) is 0 Å². The number of likely N-dealkylation sites (tertiary alicyclic amines) is 1. The maximum Gasteiger partial charge on any atom is 0.163 e. The highest BCUT2D eigenvalue weighted by Gasteiger charge is 2.42. The fourth-order valence-corrected chi connectivity index (χ4v) is 3.73. The van der Waals surface area contributed by atoms with E-state index in [4.69, 9.17) is 0 Å². The van der Waals surface area contributed by atoms with Crippen LogP contribution in [0.1, 0.15) is 35.6 Å². The van der Waals surface area contributed by atoms with Crippen molar-refractivity contribution in [3.8, 4) is 0 Å². The Morgan fingerprint density at radius 1 is 1.03 bits per heavy atom. The smallest absolute Gasteiger partial charge is 0.163 e. The molecule has 3 heteroatoms. The molecule has 1 heterocycles. The number of carbonyl (C=O) groups is 1. The normalized spacial score (nSPS) is 23.1. The van der Waals surface area contributed by atoms with Gasteiger partial charge < -0.3 is 10.0 Å². The Morgan fingerprint density at radius 2 is 1.59 bits per heavy atom. The highest BCUT2D eigenvalue weighted by atomic mass is 16.3. The molecule has 1 saturated heterocycles. The summed E-state index contributed by atoms with van der Waals surface area (Å²) in [7, 11) is 0. The number of ketones is 1. The van der Waals surface area contributed by atoms with E-state index in [1.165, 1.54) is 11.1 Å². The number of rotatable bonds is 6. The lowest BCUT2D eigenvalue weighted by atomic mass is 9.77. The predicted molar refractivity (Wildman–Crippen MR) is 121 cm³/mol. The molecule has 1 N–H and O–H groups in total. The summed E-state index contributed by atoms with van der Waals surface area (Å²) < 4.78 is 0. The van der Waals surface area contributed by atoms with Gasteiger partial charge in [-0.15, -0.1) is 0 Å². The molecule has 152 valence electrons. The lowest BCUT2D eigenvalue weighted by Gasteiger charge is -2.41. The van der Waals surface area contributed by atoms with Crippen LogP contribution in [0.5, 0.6) is 0 Å². The first kappa shape index (κ1) is 21.2. The molecule has 0 bridgehead atoms. The third-order valence-corrected chi connectivity index (χ3v) is 5.82. The molecular formula is C26H31NO2. The van der Waals surface area contributed by atoms with Gasteiger partial charge in [0.05, 0.1) is 11.5 Å². The number of piperidine rings is 1. The summed E-state index contributed by atoms with van der Waals surface area (Å²) in [4.78, 5) is 15.3. The molecule has 0 saturated carbocycles. The monoisotopic (exact) mass is 389 g/mol. The molecule has 0 radical (unpaired) electrons. The van der Waals surface area contributed by atoms with Crippen molar-refractivity contribution in [1.82, 2.24) is 4.90 Å². The molecule has 0 aromatic heterocycles. The van der Waals surface area contributed by atoms with Crippen LogP contribution in [-0.2, 0) is 4.79 Å². The van der Waals surface area contributed by atoms with Crippen LogP contribution < -0.4 is 0 Å². The highest BCUT2D eigenvalue weighted by Crippen LogP contribution is 2.31. The van der Waals surface area contributed by atoms with E-state index in [0.717, 1.165) is 24.2 Å². The van der Waals surface area contributed by atoms with Gasteiger partial charge in [-0.3, -0.25) is 4.79 Å². The number of hydrogen-bond donors (Lipinski definition) is 1. The van der Waals surface area contributed by atoms with Crippen LogP contribution in [0.4, 0.5) is 0 Å². The van der Waals surface area contributed by atoms with Crippen molar-refractivity contribution in [1.29, 1.82) is 0 Å². The van der Waals surface area contributed by atoms with Crippen LogP contribution in [0.2, 0.25) is 0 Å². The number of hydrogen-bond acceptors (Lipinski definition) is 3. The molecule has 0 spiro atoms. The van der Waals surface area contributed by atoms with Crippen LogP contribution in [0.3, 0.4) is 0 Å². The third-order valence-electron chi connectivity index (χ3n) is 5.82. The molecule has 3 nitrogen and oxygen atoms in total. The second-order valence-corrected chi connectivity index (χ2v) is 8.08. The molecule has 0 unspecified atom stereocenters. The van der Waals surface area contributed by atoms with Crippen molar-refractivity contribution in [2.75, 3.05) is 19.6 Å². The SMILES string of the molecule is CCN1CC[C@](O)(C=Cc2ccc(C)cc2)[C@@H](C(=O)C=Cc2ccc(C)cc2)C1. The lowest BCUT2D eigenvalue weighted by molar-refractivity contribution is -0.129. The average Bonchev–Trinajstić information content (AvgIpc) is 2.73. The van der Waals surface area contributed by atoms with Crippen molar-refractivity contribution in [3.05, 3.63) is 82.9 Å². The molecule has 2 aromatic carbocycles. The number of aryl methyl sites for hydroxylation is 2. The second-order valence-electron chi connectivity index (χ2n) is 8.08. The van der Waals surface area contributed by atoms with E-state index in [-0.39, 0.29) is 5.78 Å². The molecule has 0 amide bonds. The van der Waals surface area contributed by atoms with Crippen molar-refractivity contribution >= 4 is 17.9 Å². The standard InChI is InChI=1S/C26H31NO2/c1-4-27-18-17-26(29,16-15-23-11-7-21(3)8-12-23)24(19-27)25(28)14-13-22-9-5-20(2)6-10-22/h5-16,24,29H,4,17-19H2,1-3H3/t24-,26-/m1/s1. The summed E-state index contributed by atoms with van der Waals surface area (Å²) in [5, 5.41) is 11.4. The molecule has 0 aliphatic carbocycles. The summed E-state index contributed by atoms with van der Waals surface area (Å²) >= 11 is 0. The Hall–Kier alpha value is -2.49. The van der Waals surface area contributed by atoms with Crippen LogP contribution in [-0.4, -0.2) is 41.0 Å². The summed E-state index contributed by atoms with van der Waals surface area (Å²) in [5.74, 6) is -0.501. The van der Waals surface area contributed by atoms with E-state index in [2.05, 4.69) is 30.9 Å². The Morgan fingerprint density at radius 3 is 2.14 bits per heavy atom. The van der Waals surface area contributed by atoms with Crippen LogP contribution >= 0.6 is 0 Å². The van der Waals surface area contributed by atoms with E-state index in [1.54, 1.807) is 6.08 Å².